The van der Waals surface area contributed by atoms with Crippen molar-refractivity contribution >= 4 is 17.7 Å². The smallest absolute Gasteiger partial charge is 0.410 e. The molecule has 6 heteroatoms. The number of rotatable bonds is 1. The van der Waals surface area contributed by atoms with Crippen molar-refractivity contribution in [3.63, 3.8) is 0 Å². The monoisotopic (exact) mass is 301 g/mol. The number of hydrogen-bond donors (Lipinski definition) is 1. The zero-order valence-corrected chi connectivity index (χ0v) is 12.4. The van der Waals surface area contributed by atoms with E-state index in [0.717, 1.165) is 0 Å². The molecule has 0 unspecified atom stereocenters. The quantitative estimate of drug-likeness (QED) is 0.867. The molecule has 4 nitrogen and oxygen atoms in total. The lowest BCUT2D eigenvalue weighted by atomic mass is 9.86. The van der Waals surface area contributed by atoms with E-state index in [9.17, 15) is 14.3 Å². The van der Waals surface area contributed by atoms with Crippen LogP contribution in [0.15, 0.2) is 18.2 Å². The van der Waals surface area contributed by atoms with Crippen molar-refractivity contribution in [2.24, 2.45) is 0 Å². The molecule has 1 aromatic rings. The van der Waals surface area contributed by atoms with Crippen molar-refractivity contribution in [1.29, 1.82) is 0 Å². The number of aliphatic hydroxyl groups is 1. The molecule has 0 aliphatic carbocycles. The van der Waals surface area contributed by atoms with Gasteiger partial charge in [0.1, 0.15) is 17.0 Å². The van der Waals surface area contributed by atoms with Crippen LogP contribution in [0.5, 0.6) is 0 Å². The van der Waals surface area contributed by atoms with Crippen LogP contribution >= 0.6 is 11.6 Å². The maximum atomic E-state index is 13.3. The van der Waals surface area contributed by atoms with Gasteiger partial charge in [-0.25, -0.2) is 9.18 Å². The molecule has 0 atom stereocenters. The zero-order valence-electron chi connectivity index (χ0n) is 11.6. The third-order valence-corrected chi connectivity index (χ3v) is 3.17. The van der Waals surface area contributed by atoms with E-state index >= 15 is 0 Å². The minimum absolute atomic E-state index is 0.0572. The summed E-state index contributed by atoms with van der Waals surface area (Å²) in [7, 11) is 0. The lowest BCUT2D eigenvalue weighted by molar-refractivity contribution is -0.103. The first-order valence-electron chi connectivity index (χ1n) is 6.26. The zero-order chi connectivity index (χ0) is 15.1. The van der Waals surface area contributed by atoms with E-state index in [-0.39, 0.29) is 18.1 Å². The lowest BCUT2D eigenvalue weighted by Crippen LogP contribution is -2.61. The van der Waals surface area contributed by atoms with Gasteiger partial charge in [-0.15, -0.1) is 0 Å². The van der Waals surface area contributed by atoms with E-state index in [4.69, 9.17) is 16.3 Å². The molecule has 0 aromatic heterocycles. The fourth-order valence-corrected chi connectivity index (χ4v) is 2.27. The van der Waals surface area contributed by atoms with Crippen LogP contribution in [0.3, 0.4) is 0 Å². The molecule has 1 N–H and O–H groups in total. The van der Waals surface area contributed by atoms with E-state index in [2.05, 4.69) is 0 Å². The molecule has 1 aromatic carbocycles. The molecule has 2 rings (SSSR count). The summed E-state index contributed by atoms with van der Waals surface area (Å²) in [4.78, 5) is 13.2. The Balaban J connectivity index is 2.05. The molecule has 20 heavy (non-hydrogen) atoms. The summed E-state index contributed by atoms with van der Waals surface area (Å²) in [6, 6.07) is 3.88. The Bertz CT molecular complexity index is 515. The highest BCUT2D eigenvalue weighted by Crippen LogP contribution is 2.34. The normalized spacial score (nSPS) is 17.6. The number of carbonyl (C=O) groups is 1. The van der Waals surface area contributed by atoms with Crippen molar-refractivity contribution in [1.82, 2.24) is 4.90 Å². The third-order valence-electron chi connectivity index (χ3n) is 2.96. The average Bonchev–Trinajstić information content (AvgIpc) is 2.20. The highest BCUT2D eigenvalue weighted by Gasteiger charge is 2.46. The number of ether oxygens (including phenoxy) is 1. The minimum atomic E-state index is -1.28. The van der Waals surface area contributed by atoms with Crippen LogP contribution in [-0.2, 0) is 10.3 Å². The predicted octanol–water partition coefficient (Wildman–Crippen LogP) is 2.92. The standard InChI is InChI=1S/C14H17ClFNO3/c1-13(2,3)20-12(18)17-7-14(19,8-17)9-4-10(15)6-11(16)5-9/h4-6,19H,7-8H2,1-3H3. The topological polar surface area (TPSA) is 49.8 Å². The number of benzene rings is 1. The van der Waals surface area contributed by atoms with Crippen LogP contribution in [0.1, 0.15) is 26.3 Å². The van der Waals surface area contributed by atoms with E-state index in [0.29, 0.717) is 5.56 Å². The number of β-amino-alcohol motifs (C(OH)–C–C–N with tert-alkyl or cyclic N) is 1. The predicted molar refractivity (Wildman–Crippen MR) is 73.1 cm³/mol. The van der Waals surface area contributed by atoms with Gasteiger partial charge in [-0.1, -0.05) is 11.6 Å². The molecule has 0 bridgehead atoms. The van der Waals surface area contributed by atoms with Gasteiger partial charge in [0.15, 0.2) is 0 Å². The molecular weight excluding hydrogens is 285 g/mol. The van der Waals surface area contributed by atoms with Crippen molar-refractivity contribution in [3.05, 3.63) is 34.6 Å². The minimum Gasteiger partial charge on any atom is -0.444 e. The molecule has 1 fully saturated rings. The third kappa shape index (κ3) is 3.22. The molecule has 0 saturated carbocycles. The maximum absolute atomic E-state index is 13.3. The van der Waals surface area contributed by atoms with E-state index in [1.54, 1.807) is 20.8 Å². The van der Waals surface area contributed by atoms with E-state index < -0.39 is 23.1 Å². The number of carbonyl (C=O) groups excluding carboxylic acids is 1. The van der Waals surface area contributed by atoms with Crippen molar-refractivity contribution in [3.8, 4) is 0 Å². The van der Waals surface area contributed by atoms with Gasteiger partial charge in [0.25, 0.3) is 0 Å². The van der Waals surface area contributed by atoms with Crippen molar-refractivity contribution in [2.45, 2.75) is 32.0 Å². The van der Waals surface area contributed by atoms with Crippen LogP contribution in [0.2, 0.25) is 5.02 Å². The van der Waals surface area contributed by atoms with Crippen LogP contribution in [0, 0.1) is 5.82 Å². The Morgan fingerprint density at radius 1 is 1.40 bits per heavy atom. The number of hydrogen-bond acceptors (Lipinski definition) is 3. The number of halogens is 2. The van der Waals surface area contributed by atoms with Crippen molar-refractivity contribution in [2.75, 3.05) is 13.1 Å². The first-order valence-corrected chi connectivity index (χ1v) is 6.64. The van der Waals surface area contributed by atoms with Crippen molar-refractivity contribution < 1.29 is 19.0 Å². The first kappa shape index (κ1) is 15.1. The summed E-state index contributed by atoms with van der Waals surface area (Å²) in [6.45, 7) is 5.42. The largest absolute Gasteiger partial charge is 0.444 e. The number of nitrogens with zero attached hydrogens (tertiary/aromatic N) is 1. The summed E-state index contributed by atoms with van der Waals surface area (Å²) < 4.78 is 18.5. The number of amides is 1. The van der Waals surface area contributed by atoms with Crippen LogP contribution in [0.4, 0.5) is 9.18 Å². The highest BCUT2D eigenvalue weighted by molar-refractivity contribution is 6.30. The second-order valence-electron chi connectivity index (χ2n) is 6.03. The van der Waals surface area contributed by atoms with Gasteiger partial charge in [-0.05, 0) is 44.5 Å². The molecule has 1 saturated heterocycles. The van der Waals surface area contributed by atoms with Gasteiger partial charge in [-0.2, -0.15) is 0 Å². The van der Waals surface area contributed by atoms with E-state index in [1.807, 2.05) is 0 Å². The molecule has 0 radical (unpaired) electrons. The lowest BCUT2D eigenvalue weighted by Gasteiger charge is -2.46. The maximum Gasteiger partial charge on any atom is 0.410 e. The summed E-state index contributed by atoms with van der Waals surface area (Å²) in [5.74, 6) is -0.517. The van der Waals surface area contributed by atoms with E-state index in [1.165, 1.54) is 23.1 Å². The van der Waals surface area contributed by atoms with Gasteiger partial charge in [0, 0.05) is 5.02 Å². The molecule has 0 spiro atoms. The summed E-state index contributed by atoms with van der Waals surface area (Å²) in [5.41, 5.74) is -1.50. The molecule has 110 valence electrons. The fraction of sp³-hybridized carbons (Fsp3) is 0.500. The van der Waals surface area contributed by atoms with Gasteiger partial charge in [-0.3, -0.25) is 0 Å². The average molecular weight is 302 g/mol. The SMILES string of the molecule is CC(C)(C)OC(=O)N1CC(O)(c2cc(F)cc(Cl)c2)C1. The van der Waals surface area contributed by atoms with Gasteiger partial charge in [0.2, 0.25) is 0 Å². The highest BCUT2D eigenvalue weighted by atomic mass is 35.5. The first-order chi connectivity index (χ1) is 9.09. The Morgan fingerprint density at radius 3 is 2.50 bits per heavy atom. The molecule has 1 heterocycles. The van der Waals surface area contributed by atoms with Crippen LogP contribution < -0.4 is 0 Å². The Labute approximate surface area is 122 Å². The van der Waals surface area contributed by atoms with Crippen LogP contribution in [-0.4, -0.2) is 34.8 Å². The number of likely N-dealkylation sites (tertiary alicyclic amines) is 1. The summed E-state index contributed by atoms with van der Waals surface area (Å²) in [6.07, 6.45) is -0.496. The Morgan fingerprint density at radius 2 is 2.00 bits per heavy atom. The summed E-state index contributed by atoms with van der Waals surface area (Å²) in [5, 5.41) is 10.6. The Hall–Kier alpha value is -1.33. The van der Waals surface area contributed by atoms with Gasteiger partial charge >= 0.3 is 6.09 Å². The molecular formula is C14H17ClFNO3. The van der Waals surface area contributed by atoms with Gasteiger partial charge in [0.05, 0.1) is 13.1 Å². The summed E-state index contributed by atoms with van der Waals surface area (Å²) >= 11 is 5.77. The molecule has 1 aliphatic heterocycles. The Kier molecular flexibility index (Phi) is 3.69. The van der Waals surface area contributed by atoms with Crippen LogP contribution in [0.25, 0.3) is 0 Å². The fourth-order valence-electron chi connectivity index (χ4n) is 2.05. The molecule has 1 aliphatic rings. The van der Waals surface area contributed by atoms with Gasteiger partial charge < -0.3 is 14.7 Å². The second kappa shape index (κ2) is 4.90. The molecule has 1 amide bonds. The second-order valence-corrected chi connectivity index (χ2v) is 6.46.